The Balaban J connectivity index is 1.33. The van der Waals surface area contributed by atoms with Gasteiger partial charge >= 0.3 is 0 Å². The Bertz CT molecular complexity index is 827. The summed E-state index contributed by atoms with van der Waals surface area (Å²) in [6.45, 7) is 1.60. The zero-order valence-corrected chi connectivity index (χ0v) is 14.7. The van der Waals surface area contributed by atoms with Crippen molar-refractivity contribution in [1.82, 2.24) is 19.9 Å². The lowest BCUT2D eigenvalue weighted by molar-refractivity contribution is -0.126. The van der Waals surface area contributed by atoms with Crippen molar-refractivity contribution in [3.05, 3.63) is 53.4 Å². The molecule has 6 heteroatoms. The van der Waals surface area contributed by atoms with Crippen LogP contribution in [-0.4, -0.2) is 38.8 Å². The van der Waals surface area contributed by atoms with Gasteiger partial charge in [-0.1, -0.05) is 25.3 Å². The number of aromatic nitrogens is 3. The van der Waals surface area contributed by atoms with E-state index in [1.165, 1.54) is 32.1 Å². The van der Waals surface area contributed by atoms with Crippen LogP contribution in [0, 0.1) is 0 Å². The summed E-state index contributed by atoms with van der Waals surface area (Å²) in [5.41, 5.74) is 2.11. The van der Waals surface area contributed by atoms with Crippen molar-refractivity contribution in [2.75, 3.05) is 13.1 Å². The molecule has 1 spiro atoms. The van der Waals surface area contributed by atoms with Gasteiger partial charge in [0.2, 0.25) is 0 Å². The van der Waals surface area contributed by atoms with Crippen molar-refractivity contribution in [2.45, 2.75) is 50.2 Å². The highest BCUT2D eigenvalue weighted by Gasteiger charge is 2.52. The molecule has 2 fully saturated rings. The zero-order chi connectivity index (χ0) is 17.6. The molecule has 5 rings (SSSR count). The third-order valence-corrected chi connectivity index (χ3v) is 5.90. The highest BCUT2D eigenvalue weighted by atomic mass is 16.5. The number of hydrogen-bond acceptors (Lipinski definition) is 5. The molecular formula is C20H22N4O2. The molecule has 2 aromatic heterocycles. The summed E-state index contributed by atoms with van der Waals surface area (Å²) in [7, 11) is 0. The van der Waals surface area contributed by atoms with E-state index in [1.807, 2.05) is 18.3 Å². The second kappa shape index (κ2) is 6.13. The first kappa shape index (κ1) is 15.9. The zero-order valence-electron chi connectivity index (χ0n) is 14.7. The Morgan fingerprint density at radius 2 is 2.00 bits per heavy atom. The van der Waals surface area contributed by atoms with Crippen LogP contribution in [0.25, 0.3) is 0 Å². The highest BCUT2D eigenvalue weighted by Crippen LogP contribution is 2.43. The number of amides is 1. The van der Waals surface area contributed by atoms with Gasteiger partial charge in [0.25, 0.3) is 5.91 Å². The van der Waals surface area contributed by atoms with Crippen molar-refractivity contribution in [1.29, 1.82) is 0 Å². The van der Waals surface area contributed by atoms with Gasteiger partial charge < -0.3 is 9.64 Å². The standard InChI is InChI=1S/C20H22N4O2/c25-19(16-8-4-5-9-21-16)24-12-20(13-24)15-10-22-18(23-17(15)11-26-20)14-6-2-1-3-7-14/h4-5,8-10,14H,1-3,6-7,11-13H2. The highest BCUT2D eigenvalue weighted by molar-refractivity contribution is 5.93. The molecule has 6 nitrogen and oxygen atoms in total. The van der Waals surface area contributed by atoms with Crippen molar-refractivity contribution in [3.8, 4) is 0 Å². The maximum Gasteiger partial charge on any atom is 0.272 e. The van der Waals surface area contributed by atoms with Crippen LogP contribution in [0.5, 0.6) is 0 Å². The van der Waals surface area contributed by atoms with E-state index in [0.717, 1.165) is 17.1 Å². The molecule has 0 radical (unpaired) electrons. The minimum Gasteiger partial charge on any atom is -0.360 e. The first-order chi connectivity index (χ1) is 12.8. The topological polar surface area (TPSA) is 68.2 Å². The average Bonchev–Trinajstić information content (AvgIpc) is 3.07. The fraction of sp³-hybridized carbons (Fsp3) is 0.500. The summed E-state index contributed by atoms with van der Waals surface area (Å²) >= 11 is 0. The van der Waals surface area contributed by atoms with Gasteiger partial charge in [0, 0.05) is 23.9 Å². The molecule has 134 valence electrons. The molecule has 2 aliphatic heterocycles. The second-order valence-electron chi connectivity index (χ2n) is 7.58. The predicted molar refractivity (Wildman–Crippen MR) is 94.5 cm³/mol. The summed E-state index contributed by atoms with van der Waals surface area (Å²) in [6.07, 6.45) is 9.85. The predicted octanol–water partition coefficient (Wildman–Crippen LogP) is 2.80. The summed E-state index contributed by atoms with van der Waals surface area (Å²) < 4.78 is 6.09. The van der Waals surface area contributed by atoms with E-state index in [2.05, 4.69) is 9.97 Å². The number of nitrogens with zero attached hydrogens (tertiary/aromatic N) is 4. The summed E-state index contributed by atoms with van der Waals surface area (Å²) in [5.74, 6) is 1.42. The van der Waals surface area contributed by atoms with Crippen molar-refractivity contribution >= 4 is 5.91 Å². The maximum atomic E-state index is 12.5. The minimum absolute atomic E-state index is 0.0481. The Labute approximate surface area is 152 Å². The second-order valence-corrected chi connectivity index (χ2v) is 7.58. The van der Waals surface area contributed by atoms with E-state index in [1.54, 1.807) is 17.2 Å². The molecular weight excluding hydrogens is 328 g/mol. The van der Waals surface area contributed by atoms with Crippen LogP contribution >= 0.6 is 0 Å². The molecule has 0 unspecified atom stereocenters. The molecule has 1 saturated carbocycles. The molecule has 1 saturated heterocycles. The number of pyridine rings is 1. The summed E-state index contributed by atoms with van der Waals surface area (Å²) in [6, 6.07) is 5.39. The van der Waals surface area contributed by atoms with Crippen LogP contribution in [0.15, 0.2) is 30.6 Å². The van der Waals surface area contributed by atoms with Crippen LogP contribution in [0.3, 0.4) is 0 Å². The number of carbonyl (C=O) groups excluding carboxylic acids is 1. The van der Waals surface area contributed by atoms with Gasteiger partial charge in [-0.2, -0.15) is 0 Å². The van der Waals surface area contributed by atoms with Gasteiger partial charge in [0.05, 0.1) is 25.4 Å². The Hall–Kier alpha value is -2.34. The first-order valence-electron chi connectivity index (χ1n) is 9.46. The number of rotatable bonds is 2. The van der Waals surface area contributed by atoms with Crippen LogP contribution in [-0.2, 0) is 16.9 Å². The van der Waals surface area contributed by atoms with E-state index in [4.69, 9.17) is 9.72 Å². The van der Waals surface area contributed by atoms with E-state index < -0.39 is 5.60 Å². The number of carbonyl (C=O) groups is 1. The quantitative estimate of drug-likeness (QED) is 0.833. The molecule has 4 heterocycles. The van der Waals surface area contributed by atoms with Crippen LogP contribution in [0.4, 0.5) is 0 Å². The minimum atomic E-state index is -0.426. The largest absolute Gasteiger partial charge is 0.360 e. The van der Waals surface area contributed by atoms with Crippen LogP contribution < -0.4 is 0 Å². The molecule has 0 bridgehead atoms. The number of ether oxygens (including phenoxy) is 1. The van der Waals surface area contributed by atoms with Crippen molar-refractivity contribution in [3.63, 3.8) is 0 Å². The number of hydrogen-bond donors (Lipinski definition) is 0. The summed E-state index contributed by atoms with van der Waals surface area (Å²) in [4.78, 5) is 28.0. The monoisotopic (exact) mass is 350 g/mol. The van der Waals surface area contributed by atoms with Gasteiger partial charge in [0.1, 0.15) is 17.1 Å². The van der Waals surface area contributed by atoms with E-state index in [-0.39, 0.29) is 5.91 Å². The molecule has 2 aromatic rings. The fourth-order valence-corrected chi connectivity index (χ4v) is 4.39. The smallest absolute Gasteiger partial charge is 0.272 e. The lowest BCUT2D eigenvalue weighted by Gasteiger charge is -2.47. The van der Waals surface area contributed by atoms with Crippen molar-refractivity contribution < 1.29 is 9.53 Å². The Kier molecular flexibility index (Phi) is 3.74. The van der Waals surface area contributed by atoms with Crippen LogP contribution in [0.1, 0.15) is 65.6 Å². The lowest BCUT2D eigenvalue weighted by atomic mass is 9.86. The number of fused-ring (bicyclic) bond motifs is 2. The molecule has 3 aliphatic rings. The number of likely N-dealkylation sites (tertiary alicyclic amines) is 1. The molecule has 1 aliphatic carbocycles. The van der Waals surface area contributed by atoms with Gasteiger partial charge in [0.15, 0.2) is 0 Å². The van der Waals surface area contributed by atoms with Crippen LogP contribution in [0.2, 0.25) is 0 Å². The normalized spacial score (nSPS) is 21.5. The molecule has 0 atom stereocenters. The van der Waals surface area contributed by atoms with E-state index in [9.17, 15) is 4.79 Å². The molecule has 0 N–H and O–H groups in total. The molecule has 26 heavy (non-hydrogen) atoms. The fourth-order valence-electron chi connectivity index (χ4n) is 4.39. The van der Waals surface area contributed by atoms with E-state index in [0.29, 0.717) is 31.3 Å². The van der Waals surface area contributed by atoms with Crippen molar-refractivity contribution in [2.24, 2.45) is 0 Å². The molecule has 1 amide bonds. The SMILES string of the molecule is O=C(c1ccccn1)N1CC2(C1)OCc1nc(C3CCCCC3)ncc12. The molecule has 0 aromatic carbocycles. The summed E-state index contributed by atoms with van der Waals surface area (Å²) in [5, 5.41) is 0. The lowest BCUT2D eigenvalue weighted by Crippen LogP contribution is -2.61. The first-order valence-corrected chi connectivity index (χ1v) is 9.46. The van der Waals surface area contributed by atoms with Gasteiger partial charge in [-0.15, -0.1) is 0 Å². The third-order valence-electron chi connectivity index (χ3n) is 5.90. The van der Waals surface area contributed by atoms with Gasteiger partial charge in [-0.25, -0.2) is 9.97 Å². The van der Waals surface area contributed by atoms with Gasteiger partial charge in [-0.05, 0) is 25.0 Å². The van der Waals surface area contributed by atoms with Gasteiger partial charge in [-0.3, -0.25) is 9.78 Å². The van der Waals surface area contributed by atoms with E-state index >= 15 is 0 Å². The Morgan fingerprint density at radius 3 is 2.77 bits per heavy atom. The average molecular weight is 350 g/mol. The third kappa shape index (κ3) is 2.51. The Morgan fingerprint density at radius 1 is 1.15 bits per heavy atom. The maximum absolute atomic E-state index is 12.5.